The average Bonchev–Trinajstić information content (AvgIpc) is 1.84. The Balaban J connectivity index is -0.000000173. The van der Waals surface area contributed by atoms with Gasteiger partial charge in [0.15, 0.2) is 5.96 Å². The molecule has 0 aromatic carbocycles. The van der Waals surface area contributed by atoms with Gasteiger partial charge in [-0.1, -0.05) is 0 Å². The summed E-state index contributed by atoms with van der Waals surface area (Å²) < 4.78 is 0. The molecule has 0 amide bonds. The molecule has 5 nitrogen and oxygen atoms in total. The number of aliphatic carboxylic acids is 1. The van der Waals surface area contributed by atoms with Gasteiger partial charge in [-0.05, 0) is 6.92 Å². The zero-order valence-corrected chi connectivity index (χ0v) is 12.3. The summed E-state index contributed by atoms with van der Waals surface area (Å²) >= 11 is 0. The van der Waals surface area contributed by atoms with Gasteiger partial charge in [0, 0.05) is 34.2 Å². The molecule has 6 heteroatoms. The van der Waals surface area contributed by atoms with Crippen molar-refractivity contribution in [3.63, 3.8) is 0 Å². The quantitative estimate of drug-likeness (QED) is 0.252. The van der Waals surface area contributed by atoms with E-state index in [9.17, 15) is 0 Å². The normalized spacial score (nSPS) is 7.15. The molecular weight excluding hydrogens is 197 g/mol. The number of carboxylic acids is 1. The molecule has 0 bridgehead atoms. The summed E-state index contributed by atoms with van der Waals surface area (Å²) in [5.41, 5.74) is 0. The Labute approximate surface area is 122 Å². The van der Waals surface area contributed by atoms with Crippen molar-refractivity contribution in [2.75, 3.05) is 28.2 Å². The zero-order valence-electron chi connectivity index (χ0n) is 9.21. The second-order valence-corrected chi connectivity index (χ2v) is 2.60. The van der Waals surface area contributed by atoms with Crippen molar-refractivity contribution in [1.82, 2.24) is 9.80 Å². The van der Waals surface area contributed by atoms with E-state index in [1.807, 2.05) is 28.2 Å². The first-order chi connectivity index (χ1) is 5.29. The van der Waals surface area contributed by atoms with Gasteiger partial charge in [-0.15, -0.1) is 0 Å². The van der Waals surface area contributed by atoms with Crippen LogP contribution < -0.4 is 56.5 Å². The van der Waals surface area contributed by atoms with E-state index in [0.29, 0.717) is 5.96 Å². The molecule has 1 N–H and O–H groups in total. The maximum atomic E-state index is 8.89. The predicted octanol–water partition coefficient (Wildman–Crippen LogP) is -4.20. The van der Waals surface area contributed by atoms with E-state index >= 15 is 0 Å². The van der Waals surface area contributed by atoms with Crippen molar-refractivity contribution in [2.24, 2.45) is 0 Å². The Bertz CT molecular complexity index is 146. The van der Waals surface area contributed by atoms with Gasteiger partial charge in [-0.3, -0.25) is 5.41 Å². The van der Waals surface area contributed by atoms with Gasteiger partial charge < -0.3 is 19.7 Å². The molecule has 0 aliphatic heterocycles. The van der Waals surface area contributed by atoms with Crippen molar-refractivity contribution in [3.8, 4) is 0 Å². The SMILES string of the molecule is CC(=O)[O-].CN(C)C(=N)N(C)C.[K+]. The van der Waals surface area contributed by atoms with E-state index in [0.717, 1.165) is 6.92 Å². The standard InChI is InChI=1S/C5H13N3.C2H4O2.K/c1-7(2)5(6)8(3)4;1-2(3)4;/h6H,1-4H3;1H3,(H,3,4);/q;;+1/p-1. The van der Waals surface area contributed by atoms with Crippen LogP contribution in [0.15, 0.2) is 0 Å². The minimum Gasteiger partial charge on any atom is -0.550 e. The van der Waals surface area contributed by atoms with E-state index in [4.69, 9.17) is 15.3 Å². The molecule has 0 rings (SSSR count). The first-order valence-corrected chi connectivity index (χ1v) is 3.39. The fourth-order valence-electron chi connectivity index (χ4n) is 0.400. The summed E-state index contributed by atoms with van der Waals surface area (Å²) in [4.78, 5) is 12.4. The smallest absolute Gasteiger partial charge is 0.550 e. The first-order valence-electron chi connectivity index (χ1n) is 3.39. The van der Waals surface area contributed by atoms with Crippen molar-refractivity contribution in [3.05, 3.63) is 0 Å². The molecule has 0 radical (unpaired) electrons. The van der Waals surface area contributed by atoms with Crippen LogP contribution in [0.3, 0.4) is 0 Å². The Kier molecular flexibility index (Phi) is 15.3. The fourth-order valence-corrected chi connectivity index (χ4v) is 0.400. The van der Waals surface area contributed by atoms with E-state index < -0.39 is 5.97 Å². The van der Waals surface area contributed by atoms with Crippen LogP contribution in [0.5, 0.6) is 0 Å². The summed E-state index contributed by atoms with van der Waals surface area (Å²) in [7, 11) is 7.40. The Hall–Kier alpha value is 0.376. The van der Waals surface area contributed by atoms with Crippen molar-refractivity contribution in [2.45, 2.75) is 6.92 Å². The van der Waals surface area contributed by atoms with Crippen molar-refractivity contribution >= 4 is 11.9 Å². The van der Waals surface area contributed by atoms with E-state index in [2.05, 4.69) is 0 Å². The number of hydrogen-bond donors (Lipinski definition) is 1. The molecule has 0 aromatic heterocycles. The number of carboxylic acid groups (broad SMARTS) is 1. The van der Waals surface area contributed by atoms with Crippen LogP contribution in [0.25, 0.3) is 0 Å². The third-order valence-electron chi connectivity index (χ3n) is 0.847. The molecule has 0 spiro atoms. The van der Waals surface area contributed by atoms with Gasteiger partial charge in [0.25, 0.3) is 0 Å². The monoisotopic (exact) mass is 213 g/mol. The third kappa shape index (κ3) is 19.0. The number of nitrogens with one attached hydrogen (secondary N) is 1. The van der Waals surface area contributed by atoms with Crippen LogP contribution in [-0.4, -0.2) is 49.9 Å². The van der Waals surface area contributed by atoms with Gasteiger partial charge in [-0.25, -0.2) is 0 Å². The minimum atomic E-state index is -1.08. The molecule has 72 valence electrons. The number of carbonyl (C=O) groups is 1. The first kappa shape index (κ1) is 19.0. The molecule has 0 aliphatic rings. The van der Waals surface area contributed by atoms with Crippen LogP contribution in [0.1, 0.15) is 6.92 Å². The van der Waals surface area contributed by atoms with Crippen molar-refractivity contribution in [1.29, 1.82) is 5.41 Å². The molecular formula is C7H16KN3O2. The Morgan fingerprint density at radius 2 is 1.31 bits per heavy atom. The number of nitrogens with zero attached hydrogens (tertiary/aromatic N) is 2. The van der Waals surface area contributed by atoms with Gasteiger partial charge in [0.1, 0.15) is 0 Å². The molecule has 0 fully saturated rings. The van der Waals surface area contributed by atoms with Gasteiger partial charge in [0.2, 0.25) is 0 Å². The van der Waals surface area contributed by atoms with E-state index in [-0.39, 0.29) is 51.4 Å². The van der Waals surface area contributed by atoms with Gasteiger partial charge in [-0.2, -0.15) is 0 Å². The van der Waals surface area contributed by atoms with Crippen LogP contribution >= 0.6 is 0 Å². The van der Waals surface area contributed by atoms with Crippen molar-refractivity contribution < 1.29 is 61.3 Å². The van der Waals surface area contributed by atoms with E-state index in [1.165, 1.54) is 0 Å². The molecule has 0 atom stereocenters. The topological polar surface area (TPSA) is 70.5 Å². The second-order valence-electron chi connectivity index (χ2n) is 2.60. The van der Waals surface area contributed by atoms with E-state index in [1.54, 1.807) is 9.80 Å². The third-order valence-corrected chi connectivity index (χ3v) is 0.847. The largest absolute Gasteiger partial charge is 1.00 e. The maximum absolute atomic E-state index is 8.89. The average molecular weight is 213 g/mol. The Morgan fingerprint density at radius 1 is 1.15 bits per heavy atom. The number of rotatable bonds is 0. The minimum absolute atomic E-state index is 0. The maximum Gasteiger partial charge on any atom is 1.00 e. The zero-order chi connectivity index (χ0) is 10.3. The fraction of sp³-hybridized carbons (Fsp3) is 0.714. The number of hydrogen-bond acceptors (Lipinski definition) is 3. The van der Waals surface area contributed by atoms with Gasteiger partial charge >= 0.3 is 51.4 Å². The molecule has 13 heavy (non-hydrogen) atoms. The molecule has 0 heterocycles. The summed E-state index contributed by atoms with van der Waals surface area (Å²) in [6, 6.07) is 0. The summed E-state index contributed by atoms with van der Waals surface area (Å²) in [5, 5.41) is 16.1. The summed E-state index contributed by atoms with van der Waals surface area (Å²) in [5.74, 6) is -0.565. The molecule has 0 saturated carbocycles. The molecule has 0 aliphatic carbocycles. The van der Waals surface area contributed by atoms with Crippen LogP contribution in [0.2, 0.25) is 0 Å². The number of carbonyl (C=O) groups excluding carboxylic acids is 1. The number of guanidine groups is 1. The Morgan fingerprint density at radius 3 is 1.31 bits per heavy atom. The van der Waals surface area contributed by atoms with Crippen LogP contribution in [0, 0.1) is 5.41 Å². The molecule has 0 unspecified atom stereocenters. The predicted molar refractivity (Wildman–Crippen MR) is 45.8 cm³/mol. The van der Waals surface area contributed by atoms with Crippen LogP contribution in [0.4, 0.5) is 0 Å². The summed E-state index contributed by atoms with van der Waals surface area (Å²) in [6.45, 7) is 0.972. The molecule has 0 saturated heterocycles. The second kappa shape index (κ2) is 10.5. The van der Waals surface area contributed by atoms with Gasteiger partial charge in [0.05, 0.1) is 0 Å². The molecule has 0 aromatic rings. The summed E-state index contributed by atoms with van der Waals surface area (Å²) in [6.07, 6.45) is 0. The van der Waals surface area contributed by atoms with Crippen LogP contribution in [-0.2, 0) is 4.79 Å².